The molecule has 2 nitrogen and oxygen atoms in total. The summed E-state index contributed by atoms with van der Waals surface area (Å²) in [4.78, 5) is 10.8. The summed E-state index contributed by atoms with van der Waals surface area (Å²) in [6.45, 7) is 1.86. The molecule has 0 aliphatic carbocycles. The number of esters is 1. The van der Waals surface area contributed by atoms with Gasteiger partial charge in [-0.15, -0.1) is 0 Å². The van der Waals surface area contributed by atoms with Gasteiger partial charge in [-0.3, -0.25) is 0 Å². The molecular formula is C27H49F5O2. The minimum atomic E-state index is -5.91. The highest BCUT2D eigenvalue weighted by molar-refractivity contribution is 5.78. The van der Waals surface area contributed by atoms with Crippen LogP contribution in [0.5, 0.6) is 0 Å². The number of ether oxygens (including phenoxy) is 1. The predicted molar refractivity (Wildman–Crippen MR) is 129 cm³/mol. The third-order valence-corrected chi connectivity index (χ3v) is 6.34. The van der Waals surface area contributed by atoms with Gasteiger partial charge in [0.1, 0.15) is 0 Å². The van der Waals surface area contributed by atoms with E-state index in [1.54, 1.807) is 0 Å². The Hall–Kier alpha value is -0.880. The zero-order valence-corrected chi connectivity index (χ0v) is 21.5. The molecule has 0 spiro atoms. The van der Waals surface area contributed by atoms with E-state index in [0.29, 0.717) is 12.8 Å². The van der Waals surface area contributed by atoms with E-state index in [9.17, 15) is 26.7 Å². The lowest BCUT2D eigenvalue weighted by molar-refractivity contribution is -0.280. The molecular weight excluding hydrogens is 451 g/mol. The number of halogens is 5. The van der Waals surface area contributed by atoms with Crippen LogP contribution in [0.15, 0.2) is 0 Å². The number of unbranched alkanes of at least 4 members (excludes halogenated alkanes) is 21. The molecule has 0 saturated carbocycles. The van der Waals surface area contributed by atoms with Crippen molar-refractivity contribution in [2.45, 2.75) is 160 Å². The van der Waals surface area contributed by atoms with Crippen LogP contribution < -0.4 is 0 Å². The summed E-state index contributed by atoms with van der Waals surface area (Å²) < 4.78 is 65.5. The molecule has 0 heterocycles. The summed E-state index contributed by atoms with van der Waals surface area (Å²) >= 11 is 0. The molecule has 0 aromatic heterocycles. The second kappa shape index (κ2) is 21.4. The molecule has 7 heteroatoms. The molecule has 0 fully saturated rings. The van der Waals surface area contributed by atoms with Crippen LogP contribution >= 0.6 is 0 Å². The summed E-state index contributed by atoms with van der Waals surface area (Å²) in [6.07, 6.45) is 20.9. The summed E-state index contributed by atoms with van der Waals surface area (Å²) in [5.41, 5.74) is 0. The molecule has 0 unspecified atom stereocenters. The van der Waals surface area contributed by atoms with E-state index in [1.807, 2.05) is 0 Å². The van der Waals surface area contributed by atoms with Crippen molar-refractivity contribution in [2.24, 2.45) is 0 Å². The maximum absolute atomic E-state index is 12.7. The maximum atomic E-state index is 12.7. The minimum absolute atomic E-state index is 0.304. The van der Waals surface area contributed by atoms with Gasteiger partial charge >= 0.3 is 18.1 Å². The average Bonchev–Trinajstić information content (AvgIpc) is 2.78. The van der Waals surface area contributed by atoms with Crippen molar-refractivity contribution in [3.05, 3.63) is 0 Å². The number of hydrogen-bond acceptors (Lipinski definition) is 2. The van der Waals surface area contributed by atoms with Crippen LogP contribution in [0, 0.1) is 0 Å². The SMILES string of the molecule is CCCCCCCCCCCCCCCCCCCCCCCCOC(=O)C(F)(F)C(F)(F)F. The monoisotopic (exact) mass is 500 g/mol. The highest BCUT2D eigenvalue weighted by Crippen LogP contribution is 2.36. The molecule has 0 radical (unpaired) electrons. The molecule has 0 saturated heterocycles. The second-order valence-corrected chi connectivity index (χ2v) is 9.63. The van der Waals surface area contributed by atoms with Crippen molar-refractivity contribution in [1.29, 1.82) is 0 Å². The zero-order valence-electron chi connectivity index (χ0n) is 21.5. The van der Waals surface area contributed by atoms with Gasteiger partial charge in [-0.05, 0) is 6.42 Å². The molecule has 204 valence electrons. The molecule has 0 N–H and O–H groups in total. The molecule has 0 atom stereocenters. The first-order chi connectivity index (χ1) is 16.2. The lowest BCUT2D eigenvalue weighted by atomic mass is 10.0. The fourth-order valence-electron chi connectivity index (χ4n) is 4.08. The van der Waals surface area contributed by atoms with Crippen molar-refractivity contribution < 1.29 is 31.5 Å². The summed E-state index contributed by atoms with van der Waals surface area (Å²) in [7, 11) is 0. The quantitative estimate of drug-likeness (QED) is 0.0748. The molecule has 0 bridgehead atoms. The molecule has 0 aliphatic rings. The lowest BCUT2D eigenvalue weighted by Gasteiger charge is -2.17. The van der Waals surface area contributed by atoms with Crippen LogP contribution in [-0.4, -0.2) is 24.7 Å². The normalized spacial score (nSPS) is 12.3. The molecule has 34 heavy (non-hydrogen) atoms. The van der Waals surface area contributed by atoms with Gasteiger partial charge in [-0.1, -0.05) is 142 Å². The Morgan fingerprint density at radius 2 is 0.765 bits per heavy atom. The molecule has 0 aromatic carbocycles. The first-order valence-electron chi connectivity index (χ1n) is 13.8. The summed E-state index contributed by atoms with van der Waals surface area (Å²) in [5.74, 6) is -7.94. The fourth-order valence-corrected chi connectivity index (χ4v) is 4.08. The van der Waals surface area contributed by atoms with Gasteiger partial charge in [0.15, 0.2) is 0 Å². The Labute approximate surface area is 204 Å². The van der Waals surface area contributed by atoms with Crippen LogP contribution in [-0.2, 0) is 9.53 Å². The topological polar surface area (TPSA) is 26.3 Å². The van der Waals surface area contributed by atoms with E-state index in [2.05, 4.69) is 11.7 Å². The van der Waals surface area contributed by atoms with E-state index in [0.717, 1.165) is 19.3 Å². The van der Waals surface area contributed by atoms with Gasteiger partial charge in [-0.2, -0.15) is 22.0 Å². The maximum Gasteiger partial charge on any atom is 0.465 e. The number of carbonyl (C=O) groups is 1. The highest BCUT2D eigenvalue weighted by Gasteiger charge is 2.64. The van der Waals surface area contributed by atoms with Crippen LogP contribution in [0.4, 0.5) is 22.0 Å². The molecule has 0 rings (SSSR count). The van der Waals surface area contributed by atoms with Gasteiger partial charge < -0.3 is 4.74 Å². The highest BCUT2D eigenvalue weighted by atomic mass is 19.4. The lowest BCUT2D eigenvalue weighted by Crippen LogP contribution is -2.45. The third-order valence-electron chi connectivity index (χ3n) is 6.34. The fraction of sp³-hybridized carbons (Fsp3) is 0.963. The van der Waals surface area contributed by atoms with Gasteiger partial charge in [0.25, 0.3) is 0 Å². The van der Waals surface area contributed by atoms with E-state index < -0.39 is 24.7 Å². The average molecular weight is 501 g/mol. The van der Waals surface area contributed by atoms with Crippen molar-refractivity contribution >= 4 is 5.97 Å². The third kappa shape index (κ3) is 18.4. The Morgan fingerprint density at radius 1 is 0.500 bits per heavy atom. The Bertz CT molecular complexity index is 466. The predicted octanol–water partition coefficient (Wildman–Crippen LogP) is 10.3. The minimum Gasteiger partial charge on any atom is -0.461 e. The van der Waals surface area contributed by atoms with Crippen LogP contribution in [0.3, 0.4) is 0 Å². The molecule has 0 aliphatic heterocycles. The van der Waals surface area contributed by atoms with Gasteiger partial charge in [0, 0.05) is 0 Å². The van der Waals surface area contributed by atoms with Crippen LogP contribution in [0.2, 0.25) is 0 Å². The Balaban J connectivity index is 3.24. The van der Waals surface area contributed by atoms with E-state index in [1.165, 1.54) is 109 Å². The summed E-state index contributed by atoms with van der Waals surface area (Å²) in [6, 6.07) is 0. The first kappa shape index (κ1) is 33.1. The van der Waals surface area contributed by atoms with Gasteiger partial charge in [0.2, 0.25) is 0 Å². The van der Waals surface area contributed by atoms with Crippen molar-refractivity contribution in [3.63, 3.8) is 0 Å². The smallest absolute Gasteiger partial charge is 0.461 e. The Morgan fingerprint density at radius 3 is 1.03 bits per heavy atom. The van der Waals surface area contributed by atoms with Crippen molar-refractivity contribution in [2.75, 3.05) is 6.61 Å². The number of alkyl halides is 5. The number of rotatable bonds is 24. The number of carbonyl (C=O) groups excluding carboxylic acids is 1. The van der Waals surface area contributed by atoms with E-state index in [-0.39, 0.29) is 0 Å². The molecule has 0 aromatic rings. The Kier molecular flexibility index (Phi) is 20.9. The first-order valence-corrected chi connectivity index (χ1v) is 13.8. The summed E-state index contributed by atoms with van der Waals surface area (Å²) in [5, 5.41) is 0. The largest absolute Gasteiger partial charge is 0.465 e. The van der Waals surface area contributed by atoms with E-state index >= 15 is 0 Å². The zero-order chi connectivity index (χ0) is 25.5. The van der Waals surface area contributed by atoms with Crippen molar-refractivity contribution in [3.8, 4) is 0 Å². The number of hydrogen-bond donors (Lipinski definition) is 0. The van der Waals surface area contributed by atoms with Gasteiger partial charge in [-0.25, -0.2) is 4.79 Å². The van der Waals surface area contributed by atoms with Gasteiger partial charge in [0.05, 0.1) is 6.61 Å². The van der Waals surface area contributed by atoms with E-state index in [4.69, 9.17) is 0 Å². The van der Waals surface area contributed by atoms with Crippen molar-refractivity contribution in [1.82, 2.24) is 0 Å². The van der Waals surface area contributed by atoms with Crippen LogP contribution in [0.1, 0.15) is 148 Å². The van der Waals surface area contributed by atoms with Crippen LogP contribution in [0.25, 0.3) is 0 Å². The molecule has 0 amide bonds. The second-order valence-electron chi connectivity index (χ2n) is 9.63. The standard InChI is InChI=1S/C27H49F5O2/c1-2-3-4-5-6-7-8-9-10-11-12-13-14-15-16-17-18-19-20-21-22-23-24-34-25(33)26(28,29)27(30,31)32/h2-24H2,1H3.